The van der Waals surface area contributed by atoms with Gasteiger partial charge in [0.05, 0.1) is 34.0 Å². The first-order valence-electron chi connectivity index (χ1n) is 11.0. The molecule has 0 atom stereocenters. The molecule has 0 radical (unpaired) electrons. The summed E-state index contributed by atoms with van der Waals surface area (Å²) in [6, 6.07) is 19.3. The maximum atomic E-state index is 14.3. The Labute approximate surface area is 206 Å². The maximum Gasteiger partial charge on any atom is 0.264 e. The summed E-state index contributed by atoms with van der Waals surface area (Å²) in [4.78, 5) is 25.0. The van der Waals surface area contributed by atoms with Gasteiger partial charge in [-0.3, -0.25) is 14.7 Å². The largest absolute Gasteiger partial charge is 0.493 e. The molecule has 34 heavy (non-hydrogen) atoms. The average molecular weight is 488 g/mol. The van der Waals surface area contributed by atoms with E-state index in [0.717, 1.165) is 32.1 Å². The number of carbonyl (C=O) groups is 1. The second kappa shape index (κ2) is 9.41. The summed E-state index contributed by atoms with van der Waals surface area (Å²) >= 11 is 7.90. The zero-order chi connectivity index (χ0) is 23.7. The molecule has 5 nitrogen and oxygen atoms in total. The van der Waals surface area contributed by atoms with Gasteiger partial charge in [-0.1, -0.05) is 65.4 Å². The zero-order valence-electron chi connectivity index (χ0n) is 18.8. The average Bonchev–Trinajstić information content (AvgIpc) is 3.32. The van der Waals surface area contributed by atoms with E-state index in [0.29, 0.717) is 34.6 Å². The van der Waals surface area contributed by atoms with Gasteiger partial charge in [0.25, 0.3) is 5.91 Å². The topological polar surface area (TPSA) is 55.3 Å². The standard InChI is InChI=1S/C27H22ClN3O2S/c1-3-33-22-13-11-19-8-4-5-9-20(19)23(22)26(32)31(16-18-7-6-14-29-15-18)27-30-24-17(2)10-12-21(28)25(24)34-27/h4-15H,3,16H2,1-2H3. The van der Waals surface area contributed by atoms with Gasteiger partial charge in [-0.25, -0.2) is 4.98 Å². The predicted octanol–water partition coefficient (Wildman–Crippen LogP) is 7.05. The Kier molecular flexibility index (Phi) is 6.18. The number of ether oxygens (including phenoxy) is 1. The normalized spacial score (nSPS) is 11.1. The molecular weight excluding hydrogens is 466 g/mol. The Morgan fingerprint density at radius 1 is 1.09 bits per heavy atom. The van der Waals surface area contributed by atoms with Crippen molar-refractivity contribution in [1.29, 1.82) is 0 Å². The van der Waals surface area contributed by atoms with Gasteiger partial charge in [0.2, 0.25) is 0 Å². The van der Waals surface area contributed by atoms with Crippen LogP contribution in [-0.2, 0) is 6.54 Å². The number of pyridine rings is 1. The molecule has 1 amide bonds. The first kappa shape index (κ1) is 22.3. The molecule has 0 N–H and O–H groups in total. The molecule has 0 aliphatic heterocycles. The van der Waals surface area contributed by atoms with Gasteiger partial charge in [-0.2, -0.15) is 0 Å². The van der Waals surface area contributed by atoms with E-state index in [1.807, 2.05) is 74.5 Å². The number of hydrogen-bond acceptors (Lipinski definition) is 5. The summed E-state index contributed by atoms with van der Waals surface area (Å²) in [5.41, 5.74) is 3.23. The fraction of sp³-hybridized carbons (Fsp3) is 0.148. The number of hydrogen-bond donors (Lipinski definition) is 0. The highest BCUT2D eigenvalue weighted by Crippen LogP contribution is 2.38. The summed E-state index contributed by atoms with van der Waals surface area (Å²) in [5, 5.41) is 3.01. The predicted molar refractivity (Wildman–Crippen MR) is 139 cm³/mol. The quantitative estimate of drug-likeness (QED) is 0.257. The van der Waals surface area contributed by atoms with Crippen LogP contribution in [-0.4, -0.2) is 22.5 Å². The van der Waals surface area contributed by atoms with Crippen molar-refractivity contribution in [3.05, 3.63) is 94.8 Å². The van der Waals surface area contributed by atoms with Crippen molar-refractivity contribution in [3.8, 4) is 5.75 Å². The SMILES string of the molecule is CCOc1ccc2ccccc2c1C(=O)N(Cc1cccnc1)c1nc2c(C)ccc(Cl)c2s1. The number of benzene rings is 3. The third kappa shape index (κ3) is 4.11. The second-order valence-corrected chi connectivity index (χ2v) is 9.27. The molecular formula is C27H22ClN3O2S. The van der Waals surface area contributed by atoms with E-state index in [4.69, 9.17) is 21.3 Å². The number of halogens is 1. The summed E-state index contributed by atoms with van der Waals surface area (Å²) < 4.78 is 6.77. The molecule has 0 fully saturated rings. The molecule has 0 aliphatic rings. The van der Waals surface area contributed by atoms with E-state index in [2.05, 4.69) is 4.98 Å². The summed E-state index contributed by atoms with van der Waals surface area (Å²) in [6.07, 6.45) is 3.48. The minimum atomic E-state index is -0.183. The van der Waals surface area contributed by atoms with E-state index in [9.17, 15) is 4.79 Å². The highest BCUT2D eigenvalue weighted by atomic mass is 35.5. The molecule has 2 heterocycles. The molecule has 5 aromatic rings. The number of nitrogens with zero attached hydrogens (tertiary/aromatic N) is 3. The Morgan fingerprint density at radius 2 is 1.94 bits per heavy atom. The first-order chi connectivity index (χ1) is 16.6. The van der Waals surface area contributed by atoms with Crippen LogP contribution in [0, 0.1) is 6.92 Å². The molecule has 0 saturated carbocycles. The molecule has 5 rings (SSSR count). The Morgan fingerprint density at radius 3 is 2.71 bits per heavy atom. The Hall–Kier alpha value is -3.48. The molecule has 0 spiro atoms. The zero-order valence-corrected chi connectivity index (χ0v) is 20.4. The van der Waals surface area contributed by atoms with Crippen molar-refractivity contribution >= 4 is 55.0 Å². The molecule has 0 aliphatic carbocycles. The highest BCUT2D eigenvalue weighted by Gasteiger charge is 2.27. The summed E-state index contributed by atoms with van der Waals surface area (Å²) in [7, 11) is 0. The van der Waals surface area contributed by atoms with Crippen molar-refractivity contribution in [3.63, 3.8) is 0 Å². The number of fused-ring (bicyclic) bond motifs is 2. The molecule has 3 aromatic carbocycles. The van der Waals surface area contributed by atoms with Crippen LogP contribution in [0.3, 0.4) is 0 Å². The van der Waals surface area contributed by atoms with Crippen LogP contribution in [0.2, 0.25) is 5.02 Å². The van der Waals surface area contributed by atoms with Gasteiger partial charge in [0.15, 0.2) is 5.13 Å². The minimum absolute atomic E-state index is 0.183. The van der Waals surface area contributed by atoms with Crippen LogP contribution in [0.1, 0.15) is 28.4 Å². The van der Waals surface area contributed by atoms with Crippen molar-refractivity contribution in [2.75, 3.05) is 11.5 Å². The van der Waals surface area contributed by atoms with E-state index in [-0.39, 0.29) is 5.91 Å². The van der Waals surface area contributed by atoms with Gasteiger partial charge in [0, 0.05) is 12.4 Å². The van der Waals surface area contributed by atoms with Gasteiger partial charge in [-0.05, 0) is 53.9 Å². The lowest BCUT2D eigenvalue weighted by atomic mass is 10.0. The monoisotopic (exact) mass is 487 g/mol. The fourth-order valence-electron chi connectivity index (χ4n) is 3.99. The van der Waals surface area contributed by atoms with Gasteiger partial charge in [0.1, 0.15) is 5.75 Å². The van der Waals surface area contributed by atoms with Crippen molar-refractivity contribution < 1.29 is 9.53 Å². The lowest BCUT2D eigenvalue weighted by Gasteiger charge is -2.22. The number of anilines is 1. The van der Waals surface area contributed by atoms with Gasteiger partial charge < -0.3 is 4.74 Å². The third-order valence-corrected chi connectivity index (χ3v) is 7.17. The van der Waals surface area contributed by atoms with Crippen molar-refractivity contribution in [1.82, 2.24) is 9.97 Å². The number of thiazole rings is 1. The van der Waals surface area contributed by atoms with Gasteiger partial charge in [-0.15, -0.1) is 0 Å². The lowest BCUT2D eigenvalue weighted by Crippen LogP contribution is -2.31. The maximum absolute atomic E-state index is 14.3. The van der Waals surface area contributed by atoms with Crippen molar-refractivity contribution in [2.24, 2.45) is 0 Å². The third-order valence-electron chi connectivity index (χ3n) is 5.63. The smallest absolute Gasteiger partial charge is 0.264 e. The van der Waals surface area contributed by atoms with E-state index in [1.165, 1.54) is 11.3 Å². The molecule has 2 aromatic heterocycles. The van der Waals surface area contributed by atoms with Crippen LogP contribution < -0.4 is 9.64 Å². The number of aryl methyl sites for hydroxylation is 1. The number of aromatic nitrogens is 2. The summed E-state index contributed by atoms with van der Waals surface area (Å²) in [6.45, 7) is 4.68. The molecule has 0 unspecified atom stereocenters. The number of carbonyl (C=O) groups excluding carboxylic acids is 1. The molecule has 0 bridgehead atoms. The Bertz CT molecular complexity index is 1460. The van der Waals surface area contributed by atoms with Crippen molar-refractivity contribution in [2.45, 2.75) is 20.4 Å². The van der Waals surface area contributed by atoms with Crippen LogP contribution in [0.4, 0.5) is 5.13 Å². The van der Waals surface area contributed by atoms with Crippen LogP contribution in [0.25, 0.3) is 21.0 Å². The number of amides is 1. The van der Waals surface area contributed by atoms with E-state index < -0.39 is 0 Å². The van der Waals surface area contributed by atoms with E-state index in [1.54, 1.807) is 17.3 Å². The van der Waals surface area contributed by atoms with Gasteiger partial charge >= 0.3 is 0 Å². The first-order valence-corrected chi connectivity index (χ1v) is 12.2. The molecule has 170 valence electrons. The number of rotatable bonds is 6. The second-order valence-electron chi connectivity index (χ2n) is 7.88. The van der Waals surface area contributed by atoms with Crippen LogP contribution in [0.5, 0.6) is 5.75 Å². The van der Waals surface area contributed by atoms with E-state index >= 15 is 0 Å². The highest BCUT2D eigenvalue weighted by molar-refractivity contribution is 7.23. The molecule has 0 saturated heterocycles. The lowest BCUT2D eigenvalue weighted by molar-refractivity contribution is 0.0983. The van der Waals surface area contributed by atoms with Crippen LogP contribution >= 0.6 is 22.9 Å². The Balaban J connectivity index is 1.70. The summed E-state index contributed by atoms with van der Waals surface area (Å²) in [5.74, 6) is 0.370. The molecule has 7 heteroatoms. The van der Waals surface area contributed by atoms with Crippen LogP contribution in [0.15, 0.2) is 73.1 Å². The minimum Gasteiger partial charge on any atom is -0.493 e. The fourth-order valence-corrected chi connectivity index (χ4v) is 5.30.